The van der Waals surface area contributed by atoms with Gasteiger partial charge >= 0.3 is 5.97 Å². The van der Waals surface area contributed by atoms with E-state index in [0.29, 0.717) is 5.02 Å². The summed E-state index contributed by atoms with van der Waals surface area (Å²) in [6.45, 7) is 0. The van der Waals surface area contributed by atoms with E-state index in [-0.39, 0.29) is 12.5 Å². The standard InChI is InChI=1S/C10H13ClN2O2/c11-7-3-1-6(2-4-7)8(12)5-9(13)10(14)15/h1-4,8-9H,5,12-13H2,(H,14,15)/t8-,9-/m1/s1. The first kappa shape index (κ1) is 12.0. The normalized spacial score (nSPS) is 14.6. The van der Waals surface area contributed by atoms with Crippen LogP contribution in [0.25, 0.3) is 0 Å². The van der Waals surface area contributed by atoms with Gasteiger partial charge in [-0.05, 0) is 24.1 Å². The monoisotopic (exact) mass is 228 g/mol. The molecule has 0 aliphatic rings. The third kappa shape index (κ3) is 3.51. The molecule has 0 heterocycles. The lowest BCUT2D eigenvalue weighted by molar-refractivity contribution is -0.138. The molecule has 0 aromatic heterocycles. The van der Waals surface area contributed by atoms with Crippen LogP contribution in [0.3, 0.4) is 0 Å². The molecular weight excluding hydrogens is 216 g/mol. The molecule has 5 heteroatoms. The minimum atomic E-state index is -1.04. The quantitative estimate of drug-likeness (QED) is 0.721. The Labute approximate surface area is 92.8 Å². The molecule has 82 valence electrons. The van der Waals surface area contributed by atoms with Gasteiger partial charge in [0.15, 0.2) is 0 Å². The second-order valence-corrected chi connectivity index (χ2v) is 3.77. The molecule has 1 rings (SSSR count). The topological polar surface area (TPSA) is 89.3 Å². The zero-order chi connectivity index (χ0) is 11.4. The molecule has 0 radical (unpaired) electrons. The van der Waals surface area contributed by atoms with Crippen LogP contribution in [0.5, 0.6) is 0 Å². The summed E-state index contributed by atoms with van der Waals surface area (Å²) in [4.78, 5) is 10.5. The number of hydrogen-bond donors (Lipinski definition) is 3. The zero-order valence-corrected chi connectivity index (χ0v) is 8.82. The minimum absolute atomic E-state index is 0.205. The molecule has 0 aliphatic carbocycles. The maximum Gasteiger partial charge on any atom is 0.320 e. The molecule has 0 saturated carbocycles. The van der Waals surface area contributed by atoms with E-state index in [2.05, 4.69) is 0 Å². The Kier molecular flexibility index (Phi) is 4.08. The second-order valence-electron chi connectivity index (χ2n) is 3.34. The predicted octanol–water partition coefficient (Wildman–Crippen LogP) is 1.14. The molecule has 0 amide bonds. The lowest BCUT2D eigenvalue weighted by Crippen LogP contribution is -2.33. The number of carboxylic acids is 1. The third-order valence-electron chi connectivity index (χ3n) is 2.12. The van der Waals surface area contributed by atoms with Gasteiger partial charge in [0.25, 0.3) is 0 Å². The molecule has 0 aliphatic heterocycles. The van der Waals surface area contributed by atoms with Gasteiger partial charge in [-0.3, -0.25) is 4.79 Å². The summed E-state index contributed by atoms with van der Waals surface area (Å²) in [5.41, 5.74) is 12.0. The van der Waals surface area contributed by atoms with Crippen molar-refractivity contribution >= 4 is 17.6 Å². The summed E-state index contributed by atoms with van der Waals surface area (Å²) in [6, 6.07) is 5.64. The van der Waals surface area contributed by atoms with E-state index in [1.165, 1.54) is 0 Å². The van der Waals surface area contributed by atoms with Crippen molar-refractivity contribution in [2.24, 2.45) is 11.5 Å². The molecule has 1 aromatic carbocycles. The molecule has 0 spiro atoms. The van der Waals surface area contributed by atoms with Crippen LogP contribution in [0.15, 0.2) is 24.3 Å². The highest BCUT2D eigenvalue weighted by Gasteiger charge is 2.16. The average molecular weight is 229 g/mol. The molecule has 0 saturated heterocycles. The Morgan fingerprint density at radius 1 is 1.33 bits per heavy atom. The fourth-order valence-corrected chi connectivity index (χ4v) is 1.35. The van der Waals surface area contributed by atoms with Gasteiger partial charge in [-0.2, -0.15) is 0 Å². The smallest absolute Gasteiger partial charge is 0.320 e. The number of aliphatic carboxylic acids is 1. The SMILES string of the molecule is N[C@H](C[C@@H](N)c1ccc(Cl)cc1)C(=O)O. The maximum atomic E-state index is 10.5. The number of carbonyl (C=O) groups is 1. The minimum Gasteiger partial charge on any atom is -0.480 e. The Hall–Kier alpha value is -1.10. The van der Waals surface area contributed by atoms with Crippen LogP contribution in [0, 0.1) is 0 Å². The molecule has 15 heavy (non-hydrogen) atoms. The lowest BCUT2D eigenvalue weighted by atomic mass is 10.0. The molecule has 0 fully saturated rings. The first-order chi connectivity index (χ1) is 7.00. The van der Waals surface area contributed by atoms with Gasteiger partial charge in [-0.25, -0.2) is 0 Å². The van der Waals surface area contributed by atoms with E-state index in [4.69, 9.17) is 28.2 Å². The second kappa shape index (κ2) is 5.11. The van der Waals surface area contributed by atoms with Gasteiger partial charge in [-0.15, -0.1) is 0 Å². The average Bonchev–Trinajstić information content (AvgIpc) is 2.18. The van der Waals surface area contributed by atoms with Crippen LogP contribution in [0.1, 0.15) is 18.0 Å². The number of carboxylic acid groups (broad SMARTS) is 1. The van der Waals surface area contributed by atoms with Gasteiger partial charge in [0, 0.05) is 11.1 Å². The van der Waals surface area contributed by atoms with Crippen molar-refractivity contribution in [3.05, 3.63) is 34.9 Å². The van der Waals surface area contributed by atoms with Gasteiger partial charge in [-0.1, -0.05) is 23.7 Å². The van der Waals surface area contributed by atoms with Crippen molar-refractivity contribution in [2.45, 2.75) is 18.5 Å². The highest BCUT2D eigenvalue weighted by atomic mass is 35.5. The van der Waals surface area contributed by atoms with Crippen molar-refractivity contribution in [1.29, 1.82) is 0 Å². The van der Waals surface area contributed by atoms with Crippen LogP contribution in [-0.2, 0) is 4.79 Å². The van der Waals surface area contributed by atoms with Crippen LogP contribution in [0.4, 0.5) is 0 Å². The fraction of sp³-hybridized carbons (Fsp3) is 0.300. The summed E-state index contributed by atoms with van der Waals surface area (Å²) >= 11 is 5.71. The van der Waals surface area contributed by atoms with Crippen molar-refractivity contribution in [3.8, 4) is 0 Å². The first-order valence-electron chi connectivity index (χ1n) is 4.50. The summed E-state index contributed by atoms with van der Waals surface area (Å²) in [5, 5.41) is 9.24. The molecule has 0 bridgehead atoms. The summed E-state index contributed by atoms with van der Waals surface area (Å²) < 4.78 is 0. The van der Waals surface area contributed by atoms with Gasteiger partial charge in [0.2, 0.25) is 0 Å². The number of nitrogens with two attached hydrogens (primary N) is 2. The predicted molar refractivity (Wildman–Crippen MR) is 58.6 cm³/mol. The highest BCUT2D eigenvalue weighted by molar-refractivity contribution is 6.30. The number of benzene rings is 1. The van der Waals surface area contributed by atoms with E-state index in [1.807, 2.05) is 0 Å². The van der Waals surface area contributed by atoms with Crippen molar-refractivity contribution < 1.29 is 9.90 Å². The van der Waals surface area contributed by atoms with Crippen LogP contribution >= 0.6 is 11.6 Å². The molecular formula is C10H13ClN2O2. The molecule has 4 nitrogen and oxygen atoms in total. The Balaban J connectivity index is 2.64. The molecule has 1 aromatic rings. The maximum absolute atomic E-state index is 10.5. The van der Waals surface area contributed by atoms with Gasteiger partial charge in [0.05, 0.1) is 0 Å². The zero-order valence-electron chi connectivity index (χ0n) is 8.06. The molecule has 5 N–H and O–H groups in total. The first-order valence-corrected chi connectivity index (χ1v) is 4.88. The highest BCUT2D eigenvalue weighted by Crippen LogP contribution is 2.17. The number of rotatable bonds is 4. The van der Waals surface area contributed by atoms with Crippen molar-refractivity contribution in [2.75, 3.05) is 0 Å². The molecule has 2 atom stereocenters. The van der Waals surface area contributed by atoms with E-state index in [1.54, 1.807) is 24.3 Å². The Morgan fingerprint density at radius 2 is 1.87 bits per heavy atom. The van der Waals surface area contributed by atoms with Crippen LogP contribution in [-0.4, -0.2) is 17.1 Å². The van der Waals surface area contributed by atoms with E-state index < -0.39 is 12.0 Å². The van der Waals surface area contributed by atoms with Gasteiger partial charge < -0.3 is 16.6 Å². The summed E-state index contributed by atoms with van der Waals surface area (Å²) in [7, 11) is 0. The number of halogens is 1. The van der Waals surface area contributed by atoms with E-state index >= 15 is 0 Å². The fourth-order valence-electron chi connectivity index (χ4n) is 1.22. The Morgan fingerprint density at radius 3 is 2.33 bits per heavy atom. The summed E-state index contributed by atoms with van der Waals surface area (Å²) in [5.74, 6) is -1.04. The third-order valence-corrected chi connectivity index (χ3v) is 2.38. The van der Waals surface area contributed by atoms with Gasteiger partial charge in [0.1, 0.15) is 6.04 Å². The molecule has 0 unspecified atom stereocenters. The van der Waals surface area contributed by atoms with Crippen LogP contribution in [0.2, 0.25) is 5.02 Å². The van der Waals surface area contributed by atoms with Crippen molar-refractivity contribution in [1.82, 2.24) is 0 Å². The number of hydrogen-bond acceptors (Lipinski definition) is 3. The largest absolute Gasteiger partial charge is 0.480 e. The lowest BCUT2D eigenvalue weighted by Gasteiger charge is -2.14. The summed E-state index contributed by atoms with van der Waals surface area (Å²) in [6.07, 6.45) is 0.205. The Bertz CT molecular complexity index is 340. The van der Waals surface area contributed by atoms with Crippen LogP contribution < -0.4 is 11.5 Å². The van der Waals surface area contributed by atoms with E-state index in [9.17, 15) is 4.79 Å². The van der Waals surface area contributed by atoms with Crippen molar-refractivity contribution in [3.63, 3.8) is 0 Å². The van der Waals surface area contributed by atoms with E-state index in [0.717, 1.165) is 5.56 Å².